The molecule has 0 aromatic heterocycles. The highest BCUT2D eigenvalue weighted by Gasteiger charge is 2.31. The highest BCUT2D eigenvalue weighted by Crippen LogP contribution is 2.09. The second kappa shape index (κ2) is 13.1. The number of benzene rings is 2. The third-order valence-corrected chi connectivity index (χ3v) is 5.27. The molecule has 2 aromatic carbocycles. The molecule has 0 aliphatic carbocycles. The highest BCUT2D eigenvalue weighted by atomic mass is 16.4. The van der Waals surface area contributed by atoms with Crippen LogP contribution < -0.4 is 21.7 Å². The largest absolute Gasteiger partial charge is 0.480 e. The van der Waals surface area contributed by atoms with Crippen LogP contribution in [0.25, 0.3) is 0 Å². The quantitative estimate of drug-likeness (QED) is 0.308. The van der Waals surface area contributed by atoms with Crippen molar-refractivity contribution >= 4 is 23.7 Å². The number of nitrogens with two attached hydrogens (primary N) is 1. The van der Waals surface area contributed by atoms with Gasteiger partial charge in [-0.05, 0) is 17.0 Å². The van der Waals surface area contributed by atoms with Gasteiger partial charge in [-0.25, -0.2) is 4.79 Å². The zero-order chi connectivity index (χ0) is 25.1. The molecule has 3 atom stereocenters. The lowest BCUT2D eigenvalue weighted by molar-refractivity contribution is -0.143. The zero-order valence-corrected chi connectivity index (χ0v) is 19.4. The van der Waals surface area contributed by atoms with Gasteiger partial charge in [0.1, 0.15) is 18.1 Å². The lowest BCUT2D eigenvalue weighted by Gasteiger charge is -2.25. The van der Waals surface area contributed by atoms with Crippen molar-refractivity contribution in [3.63, 3.8) is 0 Å². The Morgan fingerprint density at radius 1 is 0.765 bits per heavy atom. The highest BCUT2D eigenvalue weighted by molar-refractivity contribution is 5.94. The number of carboxylic acid groups (broad SMARTS) is 1. The van der Waals surface area contributed by atoms with Gasteiger partial charge in [0.05, 0.1) is 6.54 Å². The summed E-state index contributed by atoms with van der Waals surface area (Å²) in [6, 6.07) is 15.0. The average Bonchev–Trinajstić information content (AvgIpc) is 2.82. The Labute approximate surface area is 199 Å². The average molecular weight is 469 g/mol. The van der Waals surface area contributed by atoms with Crippen molar-refractivity contribution in [2.45, 2.75) is 44.8 Å². The summed E-state index contributed by atoms with van der Waals surface area (Å²) >= 11 is 0. The van der Waals surface area contributed by atoms with Crippen LogP contribution in [-0.2, 0) is 32.0 Å². The van der Waals surface area contributed by atoms with E-state index in [1.807, 2.05) is 36.4 Å². The van der Waals surface area contributed by atoms with E-state index in [0.717, 1.165) is 11.1 Å². The van der Waals surface area contributed by atoms with Crippen LogP contribution in [0.15, 0.2) is 60.7 Å². The van der Waals surface area contributed by atoms with Gasteiger partial charge in [-0.15, -0.1) is 0 Å². The summed E-state index contributed by atoms with van der Waals surface area (Å²) in [5.74, 6) is -3.22. The third kappa shape index (κ3) is 8.32. The molecule has 0 radical (unpaired) electrons. The second-order valence-electron chi connectivity index (χ2n) is 8.33. The van der Waals surface area contributed by atoms with Crippen molar-refractivity contribution in [1.82, 2.24) is 16.0 Å². The van der Waals surface area contributed by atoms with Crippen LogP contribution >= 0.6 is 0 Å². The van der Waals surface area contributed by atoms with E-state index in [4.69, 9.17) is 5.73 Å². The van der Waals surface area contributed by atoms with E-state index in [1.54, 1.807) is 38.1 Å². The predicted octanol–water partition coefficient (Wildman–Crippen LogP) is 0.626. The molecule has 34 heavy (non-hydrogen) atoms. The monoisotopic (exact) mass is 468 g/mol. The van der Waals surface area contributed by atoms with Crippen LogP contribution in [0, 0.1) is 5.92 Å². The van der Waals surface area contributed by atoms with Crippen molar-refractivity contribution in [1.29, 1.82) is 0 Å². The molecule has 0 heterocycles. The van der Waals surface area contributed by atoms with Gasteiger partial charge in [0.15, 0.2) is 0 Å². The van der Waals surface area contributed by atoms with Gasteiger partial charge in [-0.1, -0.05) is 74.5 Å². The Morgan fingerprint density at radius 2 is 1.21 bits per heavy atom. The van der Waals surface area contributed by atoms with E-state index in [0.29, 0.717) is 0 Å². The number of carboxylic acids is 1. The van der Waals surface area contributed by atoms with Crippen molar-refractivity contribution in [3.05, 3.63) is 71.8 Å². The number of rotatable bonds is 12. The fraction of sp³-hybridized carbons (Fsp3) is 0.360. The molecule has 9 nitrogen and oxygen atoms in total. The minimum Gasteiger partial charge on any atom is -0.480 e. The Morgan fingerprint density at radius 3 is 1.62 bits per heavy atom. The minimum atomic E-state index is -1.16. The zero-order valence-electron chi connectivity index (χ0n) is 19.4. The lowest BCUT2D eigenvalue weighted by atomic mass is 10.0. The first-order valence-electron chi connectivity index (χ1n) is 11.1. The smallest absolute Gasteiger partial charge is 0.326 e. The van der Waals surface area contributed by atoms with Gasteiger partial charge >= 0.3 is 5.97 Å². The molecule has 6 N–H and O–H groups in total. The summed E-state index contributed by atoms with van der Waals surface area (Å²) in [4.78, 5) is 49.8. The van der Waals surface area contributed by atoms with Crippen LogP contribution in [0.4, 0.5) is 0 Å². The summed E-state index contributed by atoms with van der Waals surface area (Å²) in [7, 11) is 0. The fourth-order valence-electron chi connectivity index (χ4n) is 3.41. The summed E-state index contributed by atoms with van der Waals surface area (Å²) < 4.78 is 0. The fourth-order valence-corrected chi connectivity index (χ4v) is 3.41. The molecule has 182 valence electrons. The predicted molar refractivity (Wildman–Crippen MR) is 128 cm³/mol. The van der Waals surface area contributed by atoms with Gasteiger partial charge in [0.25, 0.3) is 0 Å². The maximum absolute atomic E-state index is 13.2. The van der Waals surface area contributed by atoms with Crippen molar-refractivity contribution in [2.75, 3.05) is 6.54 Å². The van der Waals surface area contributed by atoms with Gasteiger partial charge < -0.3 is 26.8 Å². The SMILES string of the molecule is CC(C)C(NC(=O)C(Cc1ccccc1)NC(=O)C(Cc1ccccc1)NC(=O)CN)C(=O)O. The number of hydrogen-bond donors (Lipinski definition) is 5. The van der Waals surface area contributed by atoms with Crippen LogP contribution in [0.1, 0.15) is 25.0 Å². The maximum Gasteiger partial charge on any atom is 0.326 e. The molecular weight excluding hydrogens is 436 g/mol. The van der Waals surface area contributed by atoms with E-state index < -0.39 is 41.8 Å². The van der Waals surface area contributed by atoms with Crippen LogP contribution in [0.5, 0.6) is 0 Å². The van der Waals surface area contributed by atoms with Crippen molar-refractivity contribution in [3.8, 4) is 0 Å². The number of carbonyl (C=O) groups excluding carboxylic acids is 3. The van der Waals surface area contributed by atoms with Gasteiger partial charge in [0.2, 0.25) is 17.7 Å². The Balaban J connectivity index is 2.26. The Hall–Kier alpha value is -3.72. The molecule has 0 aliphatic heterocycles. The number of nitrogens with one attached hydrogen (secondary N) is 3. The molecule has 3 unspecified atom stereocenters. The van der Waals surface area contributed by atoms with Gasteiger partial charge in [0, 0.05) is 12.8 Å². The normalized spacial score (nSPS) is 13.4. The van der Waals surface area contributed by atoms with Crippen molar-refractivity contribution < 1.29 is 24.3 Å². The van der Waals surface area contributed by atoms with E-state index in [2.05, 4.69) is 16.0 Å². The van der Waals surface area contributed by atoms with E-state index in [-0.39, 0.29) is 25.3 Å². The second-order valence-corrected chi connectivity index (χ2v) is 8.33. The topological polar surface area (TPSA) is 151 Å². The Kier molecular flexibility index (Phi) is 10.2. The molecule has 0 spiro atoms. The van der Waals surface area contributed by atoms with Gasteiger partial charge in [-0.2, -0.15) is 0 Å². The summed E-state index contributed by atoms with van der Waals surface area (Å²) in [6.45, 7) is 3.07. The lowest BCUT2D eigenvalue weighted by Crippen LogP contribution is -2.57. The van der Waals surface area contributed by atoms with Crippen LogP contribution in [0.2, 0.25) is 0 Å². The van der Waals surface area contributed by atoms with Gasteiger partial charge in [-0.3, -0.25) is 14.4 Å². The summed E-state index contributed by atoms with van der Waals surface area (Å²) in [5, 5.41) is 17.3. The maximum atomic E-state index is 13.2. The van der Waals surface area contributed by atoms with E-state index in [1.165, 1.54) is 0 Å². The first-order valence-corrected chi connectivity index (χ1v) is 11.1. The molecule has 0 saturated heterocycles. The molecule has 0 fully saturated rings. The molecule has 2 rings (SSSR count). The number of amides is 3. The van der Waals surface area contributed by atoms with E-state index >= 15 is 0 Å². The number of aliphatic carboxylic acids is 1. The van der Waals surface area contributed by atoms with Crippen LogP contribution in [-0.4, -0.2) is 53.5 Å². The molecule has 0 aliphatic rings. The molecule has 2 aromatic rings. The molecular formula is C25H32N4O5. The Bertz CT molecular complexity index is 966. The standard InChI is InChI=1S/C25H32N4O5/c1-16(2)22(25(33)34)29-24(32)20(14-18-11-7-4-8-12-18)28-23(31)19(27-21(30)15-26)13-17-9-5-3-6-10-17/h3-12,16,19-20,22H,13-15,26H2,1-2H3,(H,27,30)(H,28,31)(H,29,32)(H,33,34). The third-order valence-electron chi connectivity index (χ3n) is 5.27. The summed E-state index contributed by atoms with van der Waals surface area (Å²) in [6.07, 6.45) is 0.341. The number of hydrogen-bond acceptors (Lipinski definition) is 5. The molecule has 3 amide bonds. The van der Waals surface area contributed by atoms with Crippen molar-refractivity contribution in [2.24, 2.45) is 11.7 Å². The minimum absolute atomic E-state index is 0.145. The first kappa shape index (κ1) is 26.5. The molecule has 0 bridgehead atoms. The van der Waals surface area contributed by atoms with E-state index in [9.17, 15) is 24.3 Å². The summed E-state index contributed by atoms with van der Waals surface area (Å²) in [5.41, 5.74) is 7.01. The van der Waals surface area contributed by atoms with Crippen LogP contribution in [0.3, 0.4) is 0 Å². The number of carbonyl (C=O) groups is 4. The first-order chi connectivity index (χ1) is 16.2. The molecule has 0 saturated carbocycles. The molecule has 9 heteroatoms.